The molecular formula is C24H24N2O5. The van der Waals surface area contributed by atoms with Crippen LogP contribution in [-0.4, -0.2) is 32.3 Å². The second-order valence-electron chi connectivity index (χ2n) is 6.76. The summed E-state index contributed by atoms with van der Waals surface area (Å²) in [5.41, 5.74) is 1.36. The molecule has 2 N–H and O–H groups in total. The maximum atomic E-state index is 12.4. The third-order valence-corrected chi connectivity index (χ3v) is 4.51. The fourth-order valence-corrected chi connectivity index (χ4v) is 3.10. The number of hydrogen-bond acceptors (Lipinski definition) is 6. The molecule has 4 rings (SSSR count). The summed E-state index contributed by atoms with van der Waals surface area (Å²) in [7, 11) is 0. The zero-order chi connectivity index (χ0) is 21.5. The Morgan fingerprint density at radius 1 is 0.935 bits per heavy atom. The predicted molar refractivity (Wildman–Crippen MR) is 119 cm³/mol. The lowest BCUT2D eigenvalue weighted by molar-refractivity contribution is -0.114. The molecule has 0 spiro atoms. The van der Waals surface area contributed by atoms with Crippen LogP contribution >= 0.6 is 0 Å². The van der Waals surface area contributed by atoms with E-state index in [9.17, 15) is 4.79 Å². The first-order valence-electron chi connectivity index (χ1n) is 10.1. The van der Waals surface area contributed by atoms with Gasteiger partial charge < -0.3 is 29.6 Å². The standard InChI is InChI=1S/C24H24N2O5/c1-2-28-18-8-10-19(11-9-18)31-21-6-4-3-5-20(21)25-16-24(27)26-17-7-12-22-23(15-17)30-14-13-29-22/h3-12,15,25H,2,13-14,16H2,1H3,(H,26,27). The topological polar surface area (TPSA) is 78.1 Å². The van der Waals surface area contributed by atoms with Crippen LogP contribution in [0.3, 0.4) is 0 Å². The molecule has 3 aromatic carbocycles. The average molecular weight is 420 g/mol. The Labute approximate surface area is 180 Å². The van der Waals surface area contributed by atoms with Gasteiger partial charge in [-0.1, -0.05) is 12.1 Å². The number of hydrogen-bond donors (Lipinski definition) is 2. The number of anilines is 2. The number of nitrogens with one attached hydrogen (secondary N) is 2. The summed E-state index contributed by atoms with van der Waals surface area (Å²) in [5.74, 6) is 3.22. The Hall–Kier alpha value is -3.87. The molecule has 1 aliphatic heterocycles. The summed E-state index contributed by atoms with van der Waals surface area (Å²) in [6, 6.07) is 20.2. The first-order valence-corrected chi connectivity index (χ1v) is 10.1. The number of carbonyl (C=O) groups excluding carboxylic acids is 1. The van der Waals surface area contributed by atoms with E-state index < -0.39 is 0 Å². The summed E-state index contributed by atoms with van der Waals surface area (Å²) in [4.78, 5) is 12.4. The van der Waals surface area contributed by atoms with Gasteiger partial charge in [0.15, 0.2) is 17.2 Å². The van der Waals surface area contributed by atoms with E-state index in [0.29, 0.717) is 54.2 Å². The van der Waals surface area contributed by atoms with Crippen molar-refractivity contribution in [3.63, 3.8) is 0 Å². The fraction of sp³-hybridized carbons (Fsp3) is 0.208. The van der Waals surface area contributed by atoms with Gasteiger partial charge in [-0.3, -0.25) is 4.79 Å². The molecule has 160 valence electrons. The summed E-state index contributed by atoms with van der Waals surface area (Å²) < 4.78 is 22.5. The molecule has 31 heavy (non-hydrogen) atoms. The predicted octanol–water partition coefficient (Wildman–Crippen LogP) is 4.70. The summed E-state index contributed by atoms with van der Waals surface area (Å²) in [6.45, 7) is 3.66. The van der Waals surface area contributed by atoms with E-state index in [1.165, 1.54) is 0 Å². The van der Waals surface area contributed by atoms with Crippen LogP contribution in [0.1, 0.15) is 6.92 Å². The molecule has 0 aromatic heterocycles. The van der Waals surface area contributed by atoms with E-state index in [-0.39, 0.29) is 12.5 Å². The molecule has 0 radical (unpaired) electrons. The molecule has 1 amide bonds. The molecule has 0 atom stereocenters. The van der Waals surface area contributed by atoms with Gasteiger partial charge in [0, 0.05) is 11.8 Å². The van der Waals surface area contributed by atoms with Gasteiger partial charge in [0.05, 0.1) is 18.8 Å². The number of fused-ring (bicyclic) bond motifs is 1. The summed E-state index contributed by atoms with van der Waals surface area (Å²) in [5, 5.41) is 5.99. The number of rotatable bonds is 8. The monoisotopic (exact) mass is 420 g/mol. The van der Waals surface area contributed by atoms with Crippen LogP contribution in [0.5, 0.6) is 28.7 Å². The molecule has 0 aliphatic carbocycles. The Morgan fingerprint density at radius 3 is 2.48 bits per heavy atom. The average Bonchev–Trinajstić information content (AvgIpc) is 2.80. The quantitative estimate of drug-likeness (QED) is 0.550. The van der Waals surface area contributed by atoms with Crippen LogP contribution in [0.25, 0.3) is 0 Å². The van der Waals surface area contributed by atoms with Gasteiger partial charge in [0.25, 0.3) is 0 Å². The number of ether oxygens (including phenoxy) is 4. The maximum Gasteiger partial charge on any atom is 0.243 e. The van der Waals surface area contributed by atoms with Crippen LogP contribution in [0.15, 0.2) is 66.7 Å². The van der Waals surface area contributed by atoms with E-state index in [1.807, 2.05) is 55.5 Å². The summed E-state index contributed by atoms with van der Waals surface area (Å²) in [6.07, 6.45) is 0. The van der Waals surface area contributed by atoms with E-state index in [4.69, 9.17) is 18.9 Å². The molecule has 0 saturated heterocycles. The Bertz CT molecular complexity index is 1040. The van der Waals surface area contributed by atoms with Crippen molar-refractivity contribution in [2.75, 3.05) is 37.0 Å². The minimum atomic E-state index is -0.187. The highest BCUT2D eigenvalue weighted by Gasteiger charge is 2.13. The number of amides is 1. The van der Waals surface area contributed by atoms with Crippen molar-refractivity contribution in [1.29, 1.82) is 0 Å². The van der Waals surface area contributed by atoms with Crippen molar-refractivity contribution in [2.24, 2.45) is 0 Å². The lowest BCUT2D eigenvalue weighted by atomic mass is 10.2. The molecule has 0 bridgehead atoms. The van der Waals surface area contributed by atoms with Crippen molar-refractivity contribution in [3.05, 3.63) is 66.7 Å². The highest BCUT2D eigenvalue weighted by Crippen LogP contribution is 2.33. The zero-order valence-electron chi connectivity index (χ0n) is 17.2. The van der Waals surface area contributed by atoms with Gasteiger partial charge in [-0.2, -0.15) is 0 Å². The minimum absolute atomic E-state index is 0.0814. The lowest BCUT2D eigenvalue weighted by Gasteiger charge is -2.19. The van der Waals surface area contributed by atoms with Gasteiger partial charge in [0.1, 0.15) is 24.7 Å². The second kappa shape index (κ2) is 9.75. The Morgan fingerprint density at radius 2 is 1.68 bits per heavy atom. The zero-order valence-corrected chi connectivity index (χ0v) is 17.2. The van der Waals surface area contributed by atoms with Crippen molar-refractivity contribution in [2.45, 2.75) is 6.92 Å². The van der Waals surface area contributed by atoms with Gasteiger partial charge in [-0.05, 0) is 55.5 Å². The Kier molecular flexibility index (Phi) is 6.42. The summed E-state index contributed by atoms with van der Waals surface area (Å²) >= 11 is 0. The molecule has 0 fully saturated rings. The molecular weight excluding hydrogens is 396 g/mol. The lowest BCUT2D eigenvalue weighted by Crippen LogP contribution is -2.22. The van der Waals surface area contributed by atoms with Crippen LogP contribution in [0, 0.1) is 0 Å². The first-order chi connectivity index (χ1) is 15.2. The van der Waals surface area contributed by atoms with Crippen molar-refractivity contribution >= 4 is 17.3 Å². The highest BCUT2D eigenvalue weighted by molar-refractivity contribution is 5.94. The van der Waals surface area contributed by atoms with Gasteiger partial charge in [-0.15, -0.1) is 0 Å². The SMILES string of the molecule is CCOc1ccc(Oc2ccccc2NCC(=O)Nc2ccc3c(c2)OCCO3)cc1. The second-order valence-corrected chi connectivity index (χ2v) is 6.76. The van der Waals surface area contributed by atoms with Crippen LogP contribution in [-0.2, 0) is 4.79 Å². The van der Waals surface area contributed by atoms with Crippen molar-refractivity contribution in [3.8, 4) is 28.7 Å². The molecule has 0 saturated carbocycles. The minimum Gasteiger partial charge on any atom is -0.494 e. The number of carbonyl (C=O) groups is 1. The van der Waals surface area contributed by atoms with E-state index in [1.54, 1.807) is 18.2 Å². The fourth-order valence-electron chi connectivity index (χ4n) is 3.10. The molecule has 1 heterocycles. The van der Waals surface area contributed by atoms with Gasteiger partial charge in [-0.25, -0.2) is 0 Å². The van der Waals surface area contributed by atoms with Crippen molar-refractivity contribution < 1.29 is 23.7 Å². The van der Waals surface area contributed by atoms with E-state index in [2.05, 4.69) is 10.6 Å². The van der Waals surface area contributed by atoms with Crippen LogP contribution in [0.2, 0.25) is 0 Å². The normalized spacial score (nSPS) is 12.0. The molecule has 3 aromatic rings. The van der Waals surface area contributed by atoms with Crippen LogP contribution < -0.4 is 29.6 Å². The Balaban J connectivity index is 1.36. The van der Waals surface area contributed by atoms with Gasteiger partial charge in [0.2, 0.25) is 5.91 Å². The maximum absolute atomic E-state index is 12.4. The largest absolute Gasteiger partial charge is 0.494 e. The molecule has 7 nitrogen and oxygen atoms in total. The van der Waals surface area contributed by atoms with Crippen molar-refractivity contribution in [1.82, 2.24) is 0 Å². The van der Waals surface area contributed by atoms with E-state index in [0.717, 1.165) is 5.75 Å². The highest BCUT2D eigenvalue weighted by atomic mass is 16.6. The first kappa shape index (κ1) is 20.4. The molecule has 7 heteroatoms. The number of benzene rings is 3. The smallest absolute Gasteiger partial charge is 0.243 e. The third-order valence-electron chi connectivity index (χ3n) is 4.51. The number of para-hydroxylation sites is 2. The molecule has 1 aliphatic rings. The van der Waals surface area contributed by atoms with Crippen LogP contribution in [0.4, 0.5) is 11.4 Å². The van der Waals surface area contributed by atoms with E-state index >= 15 is 0 Å². The third kappa shape index (κ3) is 5.39. The molecule has 0 unspecified atom stereocenters. The van der Waals surface area contributed by atoms with Gasteiger partial charge >= 0.3 is 0 Å².